The van der Waals surface area contributed by atoms with Gasteiger partial charge in [-0.2, -0.15) is 0 Å². The highest BCUT2D eigenvalue weighted by Gasteiger charge is 2.14. The minimum atomic E-state index is -0.600. The molecule has 104 valence electrons. The molecule has 0 aliphatic carbocycles. The standard InChI is InChI=1S/C12H17N3O4/c1-13-12(17)19-9-5-8(6-10(16)15(2)3)11(18-4)14-7-9/h5,7H,6H2,1-4H3,(H,13,17). The van der Waals surface area contributed by atoms with Crippen LogP contribution in [-0.2, 0) is 11.2 Å². The summed E-state index contributed by atoms with van der Waals surface area (Å²) in [6, 6.07) is 1.56. The van der Waals surface area contributed by atoms with E-state index >= 15 is 0 Å². The number of ether oxygens (including phenoxy) is 2. The number of pyridine rings is 1. The predicted molar refractivity (Wildman–Crippen MR) is 68.3 cm³/mol. The van der Waals surface area contributed by atoms with Gasteiger partial charge in [0.05, 0.1) is 19.7 Å². The Kier molecular flexibility index (Phi) is 5.11. The molecular formula is C12H17N3O4. The molecule has 0 aromatic carbocycles. The Morgan fingerprint density at radius 1 is 1.42 bits per heavy atom. The number of nitrogens with one attached hydrogen (secondary N) is 1. The molecule has 19 heavy (non-hydrogen) atoms. The molecule has 1 aromatic heterocycles. The average Bonchev–Trinajstić information content (AvgIpc) is 2.38. The van der Waals surface area contributed by atoms with Gasteiger partial charge in [0.15, 0.2) is 5.75 Å². The van der Waals surface area contributed by atoms with Gasteiger partial charge in [-0.3, -0.25) is 4.79 Å². The highest BCUT2D eigenvalue weighted by Crippen LogP contribution is 2.21. The maximum absolute atomic E-state index is 11.7. The monoisotopic (exact) mass is 267 g/mol. The van der Waals surface area contributed by atoms with Crippen molar-refractivity contribution >= 4 is 12.0 Å². The number of hydrogen-bond donors (Lipinski definition) is 1. The van der Waals surface area contributed by atoms with Gasteiger partial charge in [-0.1, -0.05) is 0 Å². The van der Waals surface area contributed by atoms with Crippen molar-refractivity contribution in [2.75, 3.05) is 28.3 Å². The first-order chi connectivity index (χ1) is 8.97. The maximum atomic E-state index is 11.7. The van der Waals surface area contributed by atoms with E-state index < -0.39 is 6.09 Å². The summed E-state index contributed by atoms with van der Waals surface area (Å²) in [5.41, 5.74) is 0.558. The van der Waals surface area contributed by atoms with Crippen LogP contribution in [0.25, 0.3) is 0 Å². The van der Waals surface area contributed by atoms with Gasteiger partial charge in [0, 0.05) is 26.7 Å². The Morgan fingerprint density at radius 2 is 2.11 bits per heavy atom. The van der Waals surface area contributed by atoms with Crippen molar-refractivity contribution in [2.24, 2.45) is 0 Å². The molecule has 0 bridgehead atoms. The second kappa shape index (κ2) is 6.58. The molecule has 1 aromatic rings. The summed E-state index contributed by atoms with van der Waals surface area (Å²) in [6.07, 6.45) is 0.878. The summed E-state index contributed by atoms with van der Waals surface area (Å²) in [5, 5.41) is 2.33. The van der Waals surface area contributed by atoms with Crippen LogP contribution in [0.4, 0.5) is 4.79 Å². The Bertz CT molecular complexity index is 474. The van der Waals surface area contributed by atoms with E-state index in [1.807, 2.05) is 0 Å². The topological polar surface area (TPSA) is 80.8 Å². The Hall–Kier alpha value is -2.31. The quantitative estimate of drug-likeness (QED) is 0.856. The van der Waals surface area contributed by atoms with Crippen LogP contribution in [0.5, 0.6) is 11.6 Å². The lowest BCUT2D eigenvalue weighted by Gasteiger charge is -2.13. The molecule has 0 saturated heterocycles. The normalized spacial score (nSPS) is 9.68. The van der Waals surface area contributed by atoms with Gasteiger partial charge in [0.1, 0.15) is 0 Å². The van der Waals surface area contributed by atoms with Crippen molar-refractivity contribution < 1.29 is 19.1 Å². The summed E-state index contributed by atoms with van der Waals surface area (Å²) in [4.78, 5) is 28.3. The van der Waals surface area contributed by atoms with Crippen molar-refractivity contribution in [3.05, 3.63) is 17.8 Å². The molecule has 0 aliphatic rings. The third-order valence-electron chi connectivity index (χ3n) is 2.35. The van der Waals surface area contributed by atoms with Gasteiger partial charge in [-0.05, 0) is 6.07 Å². The zero-order chi connectivity index (χ0) is 14.4. The second-order valence-electron chi connectivity index (χ2n) is 3.94. The van der Waals surface area contributed by atoms with Gasteiger partial charge in [0.25, 0.3) is 0 Å². The molecule has 0 spiro atoms. The van der Waals surface area contributed by atoms with Crippen LogP contribution in [0.15, 0.2) is 12.3 Å². The largest absolute Gasteiger partial charge is 0.481 e. The minimum Gasteiger partial charge on any atom is -0.481 e. The number of carbonyl (C=O) groups is 2. The van der Waals surface area contributed by atoms with Crippen molar-refractivity contribution in [3.63, 3.8) is 0 Å². The molecule has 0 unspecified atom stereocenters. The lowest BCUT2D eigenvalue weighted by molar-refractivity contribution is -0.127. The highest BCUT2D eigenvalue weighted by atomic mass is 16.6. The first-order valence-corrected chi connectivity index (χ1v) is 5.60. The smallest absolute Gasteiger partial charge is 0.412 e. The molecular weight excluding hydrogens is 250 g/mol. The van der Waals surface area contributed by atoms with Crippen LogP contribution in [-0.4, -0.2) is 50.1 Å². The number of rotatable bonds is 4. The number of amides is 2. The number of carbonyl (C=O) groups excluding carboxylic acids is 2. The van der Waals surface area contributed by atoms with E-state index in [4.69, 9.17) is 9.47 Å². The van der Waals surface area contributed by atoms with Gasteiger partial charge in [0.2, 0.25) is 11.8 Å². The Morgan fingerprint density at radius 3 is 2.63 bits per heavy atom. The second-order valence-corrected chi connectivity index (χ2v) is 3.94. The molecule has 1 heterocycles. The number of aromatic nitrogens is 1. The molecule has 0 fully saturated rings. The van der Waals surface area contributed by atoms with E-state index in [1.165, 1.54) is 25.3 Å². The summed E-state index contributed by atoms with van der Waals surface area (Å²) >= 11 is 0. The minimum absolute atomic E-state index is 0.0998. The molecule has 7 nitrogen and oxygen atoms in total. The van der Waals surface area contributed by atoms with Crippen LogP contribution in [0.3, 0.4) is 0 Å². The van der Waals surface area contributed by atoms with Crippen molar-refractivity contribution in [3.8, 4) is 11.6 Å². The highest BCUT2D eigenvalue weighted by molar-refractivity contribution is 5.79. The molecule has 1 rings (SSSR count). The van der Waals surface area contributed by atoms with E-state index in [2.05, 4.69) is 10.3 Å². The Balaban J connectivity index is 2.96. The van der Waals surface area contributed by atoms with Crippen LogP contribution in [0.2, 0.25) is 0 Å². The zero-order valence-corrected chi connectivity index (χ0v) is 11.4. The third-order valence-corrected chi connectivity index (χ3v) is 2.35. The summed E-state index contributed by atoms with van der Waals surface area (Å²) in [6.45, 7) is 0. The lowest BCUT2D eigenvalue weighted by Crippen LogP contribution is -2.24. The van der Waals surface area contributed by atoms with Crippen LogP contribution < -0.4 is 14.8 Å². The molecule has 0 radical (unpaired) electrons. The first kappa shape index (κ1) is 14.7. The predicted octanol–water partition coefficient (Wildman–Crippen LogP) is 0.439. The van der Waals surface area contributed by atoms with Gasteiger partial charge in [-0.15, -0.1) is 0 Å². The van der Waals surface area contributed by atoms with Gasteiger partial charge < -0.3 is 19.7 Å². The van der Waals surface area contributed by atoms with Crippen LogP contribution in [0.1, 0.15) is 5.56 Å². The number of likely N-dealkylation sites (N-methyl/N-ethyl adjacent to an activating group) is 1. The zero-order valence-electron chi connectivity index (χ0n) is 11.4. The third kappa shape index (κ3) is 4.13. The average molecular weight is 267 g/mol. The fourth-order valence-corrected chi connectivity index (χ4v) is 1.32. The van der Waals surface area contributed by atoms with E-state index in [9.17, 15) is 9.59 Å². The van der Waals surface area contributed by atoms with Crippen LogP contribution >= 0.6 is 0 Å². The first-order valence-electron chi connectivity index (χ1n) is 5.60. The number of nitrogens with zero attached hydrogens (tertiary/aromatic N) is 2. The van der Waals surface area contributed by atoms with E-state index in [0.29, 0.717) is 11.4 Å². The van der Waals surface area contributed by atoms with Crippen molar-refractivity contribution in [2.45, 2.75) is 6.42 Å². The molecule has 0 saturated carbocycles. The van der Waals surface area contributed by atoms with E-state index in [1.54, 1.807) is 20.2 Å². The van der Waals surface area contributed by atoms with Crippen molar-refractivity contribution in [1.29, 1.82) is 0 Å². The molecule has 2 amide bonds. The molecule has 0 atom stereocenters. The van der Waals surface area contributed by atoms with E-state index in [-0.39, 0.29) is 18.1 Å². The summed E-state index contributed by atoms with van der Waals surface area (Å²) in [5.74, 6) is 0.485. The lowest BCUT2D eigenvalue weighted by atomic mass is 10.2. The maximum Gasteiger partial charge on any atom is 0.412 e. The summed E-state index contributed by atoms with van der Waals surface area (Å²) in [7, 11) is 6.24. The number of hydrogen-bond acceptors (Lipinski definition) is 5. The SMILES string of the molecule is CNC(=O)Oc1cnc(OC)c(CC(=O)N(C)C)c1. The fraction of sp³-hybridized carbons (Fsp3) is 0.417. The van der Waals surface area contributed by atoms with Crippen LogP contribution in [0, 0.1) is 0 Å². The van der Waals surface area contributed by atoms with Crippen molar-refractivity contribution in [1.82, 2.24) is 15.2 Å². The molecule has 1 N–H and O–H groups in total. The Labute approximate surface area is 111 Å². The van der Waals surface area contributed by atoms with Gasteiger partial charge >= 0.3 is 6.09 Å². The van der Waals surface area contributed by atoms with E-state index in [0.717, 1.165) is 0 Å². The van der Waals surface area contributed by atoms with Gasteiger partial charge in [-0.25, -0.2) is 9.78 Å². The molecule has 7 heteroatoms. The molecule has 0 aliphatic heterocycles. The number of methoxy groups -OCH3 is 1. The summed E-state index contributed by atoms with van der Waals surface area (Å²) < 4.78 is 10.0. The fourth-order valence-electron chi connectivity index (χ4n) is 1.32.